The van der Waals surface area contributed by atoms with Gasteiger partial charge < -0.3 is 10.6 Å². The van der Waals surface area contributed by atoms with Crippen molar-refractivity contribution >= 4 is 33.3 Å². The molecule has 1 aromatic rings. The van der Waals surface area contributed by atoms with Gasteiger partial charge in [0.05, 0.1) is 11.3 Å². The predicted octanol–water partition coefficient (Wildman–Crippen LogP) is 5.02. The topological polar surface area (TPSA) is 100.0 Å². The van der Waals surface area contributed by atoms with Crippen LogP contribution in [0.3, 0.4) is 0 Å². The minimum absolute atomic E-state index is 0.0314. The van der Waals surface area contributed by atoms with Gasteiger partial charge in [0, 0.05) is 11.4 Å². The number of nitrogens with zero attached hydrogens (tertiary/aromatic N) is 2. The molecule has 0 aliphatic carbocycles. The smallest absolute Gasteiger partial charge is 0.308 e. The zero-order valence-electron chi connectivity index (χ0n) is 16.5. The van der Waals surface area contributed by atoms with E-state index in [4.69, 9.17) is 0 Å². The van der Waals surface area contributed by atoms with E-state index < -0.39 is 33.1 Å². The summed E-state index contributed by atoms with van der Waals surface area (Å²) in [5, 5.41) is 12.9. The number of halogens is 3. The van der Waals surface area contributed by atoms with Crippen molar-refractivity contribution in [2.24, 2.45) is 10.2 Å². The maximum Gasteiger partial charge on any atom is 0.416 e. The summed E-state index contributed by atoms with van der Waals surface area (Å²) in [5.74, 6) is 0.385. The van der Waals surface area contributed by atoms with Gasteiger partial charge in [0.2, 0.25) is 0 Å². The summed E-state index contributed by atoms with van der Waals surface area (Å²) < 4.78 is 61.0. The van der Waals surface area contributed by atoms with Crippen LogP contribution < -0.4 is 10.6 Å². The number of thioether (sulfide) groups is 1. The average Bonchev–Trinajstić information content (AvgIpc) is 3.11. The van der Waals surface area contributed by atoms with Gasteiger partial charge in [-0.15, -0.1) is 0 Å². The van der Waals surface area contributed by atoms with Crippen molar-refractivity contribution in [3.05, 3.63) is 29.8 Å². The van der Waals surface area contributed by atoms with E-state index in [1.807, 2.05) is 0 Å². The Morgan fingerprint density at radius 3 is 2.60 bits per heavy atom. The van der Waals surface area contributed by atoms with E-state index >= 15 is 0 Å². The van der Waals surface area contributed by atoms with Crippen molar-refractivity contribution in [2.75, 3.05) is 16.8 Å². The van der Waals surface area contributed by atoms with Gasteiger partial charge in [0.25, 0.3) is 0 Å². The lowest BCUT2D eigenvalue weighted by atomic mass is 10.1. The normalized spacial score (nSPS) is 19.1. The van der Waals surface area contributed by atoms with Crippen molar-refractivity contribution in [3.8, 4) is 0 Å². The number of amides is 2. The van der Waals surface area contributed by atoms with E-state index in [9.17, 15) is 26.4 Å². The highest BCUT2D eigenvalue weighted by Gasteiger charge is 2.30. The standard InChI is InChI=1S/C18H25F3N4O3S2/c1-2-30(27,28)11-6-4-3-5-10-15-24-25-17(29-15)23-16(26)22-14-9-7-8-13(12-14)18(19,20)21/h7-9,12,15,17H,2-6,10-11H2,1H3,(H2,22,23,26). The van der Waals surface area contributed by atoms with Crippen LogP contribution in [0.4, 0.5) is 23.7 Å². The van der Waals surface area contributed by atoms with Crippen LogP contribution in [0.2, 0.25) is 0 Å². The number of sulfone groups is 1. The van der Waals surface area contributed by atoms with Crippen molar-refractivity contribution in [3.63, 3.8) is 0 Å². The van der Waals surface area contributed by atoms with Gasteiger partial charge in [0.1, 0.15) is 15.2 Å². The van der Waals surface area contributed by atoms with Crippen LogP contribution in [0.15, 0.2) is 34.5 Å². The summed E-state index contributed by atoms with van der Waals surface area (Å²) in [4.78, 5) is 12.0. The Labute approximate surface area is 178 Å². The van der Waals surface area contributed by atoms with Crippen LogP contribution in [0.5, 0.6) is 0 Å². The molecule has 1 aromatic carbocycles. The molecule has 0 saturated heterocycles. The summed E-state index contributed by atoms with van der Waals surface area (Å²) in [5.41, 5.74) is -1.41. The third kappa shape index (κ3) is 8.50. The van der Waals surface area contributed by atoms with E-state index in [1.165, 1.54) is 23.9 Å². The third-order valence-electron chi connectivity index (χ3n) is 4.38. The highest BCUT2D eigenvalue weighted by atomic mass is 32.2. The summed E-state index contributed by atoms with van der Waals surface area (Å²) >= 11 is 1.35. The second-order valence-electron chi connectivity index (χ2n) is 6.79. The van der Waals surface area contributed by atoms with Gasteiger partial charge >= 0.3 is 12.2 Å². The highest BCUT2D eigenvalue weighted by molar-refractivity contribution is 8.00. The first-order chi connectivity index (χ1) is 14.1. The van der Waals surface area contributed by atoms with Crippen molar-refractivity contribution in [1.82, 2.24) is 5.32 Å². The molecule has 1 aliphatic heterocycles. The fourth-order valence-corrected chi connectivity index (χ4v) is 4.64. The van der Waals surface area contributed by atoms with E-state index in [1.54, 1.807) is 6.92 Å². The molecule has 0 spiro atoms. The summed E-state index contributed by atoms with van der Waals surface area (Å²) in [6.07, 6.45) is -0.501. The first kappa shape index (κ1) is 24.4. The molecule has 0 radical (unpaired) electrons. The fraction of sp³-hybridized carbons (Fsp3) is 0.611. The molecule has 0 bridgehead atoms. The molecule has 2 rings (SSSR count). The van der Waals surface area contributed by atoms with E-state index in [-0.39, 0.29) is 22.6 Å². The second kappa shape index (κ2) is 11.0. The van der Waals surface area contributed by atoms with Gasteiger partial charge in [-0.3, -0.25) is 0 Å². The molecule has 2 amide bonds. The van der Waals surface area contributed by atoms with Crippen LogP contribution in [0.1, 0.15) is 44.6 Å². The molecule has 1 heterocycles. The SMILES string of the molecule is CCS(=O)(=O)CCCCCCC1N=NC(NC(=O)Nc2cccc(C(F)(F)F)c2)S1. The number of anilines is 1. The van der Waals surface area contributed by atoms with Crippen LogP contribution in [-0.2, 0) is 16.0 Å². The van der Waals surface area contributed by atoms with Gasteiger partial charge in [-0.2, -0.15) is 23.4 Å². The summed E-state index contributed by atoms with van der Waals surface area (Å²) in [6.45, 7) is 1.64. The lowest BCUT2D eigenvalue weighted by Gasteiger charge is -2.13. The lowest BCUT2D eigenvalue weighted by Crippen LogP contribution is -2.34. The largest absolute Gasteiger partial charge is 0.416 e. The minimum Gasteiger partial charge on any atom is -0.308 e. The Morgan fingerprint density at radius 2 is 1.90 bits per heavy atom. The second-order valence-corrected chi connectivity index (χ2v) is 10.5. The van der Waals surface area contributed by atoms with Gasteiger partial charge in [-0.1, -0.05) is 44.0 Å². The predicted molar refractivity (Wildman–Crippen MR) is 111 cm³/mol. The average molecular weight is 467 g/mol. The maximum absolute atomic E-state index is 12.7. The number of alkyl halides is 3. The highest BCUT2D eigenvalue weighted by Crippen LogP contribution is 2.31. The molecule has 0 saturated carbocycles. The molecule has 2 unspecified atom stereocenters. The van der Waals surface area contributed by atoms with Crippen LogP contribution in [-0.4, -0.2) is 36.8 Å². The first-order valence-corrected chi connectivity index (χ1v) is 12.4. The number of carbonyl (C=O) groups excluding carboxylic acids is 1. The molecular weight excluding hydrogens is 441 g/mol. The number of benzene rings is 1. The quantitative estimate of drug-likeness (QED) is 0.473. The van der Waals surface area contributed by atoms with Crippen molar-refractivity contribution in [2.45, 2.75) is 56.1 Å². The molecule has 2 N–H and O–H groups in total. The number of carbonyl (C=O) groups is 1. The number of urea groups is 1. The number of hydrogen-bond donors (Lipinski definition) is 2. The molecule has 0 aromatic heterocycles. The molecular formula is C18H25F3N4O3S2. The van der Waals surface area contributed by atoms with Crippen LogP contribution in [0, 0.1) is 0 Å². The van der Waals surface area contributed by atoms with Crippen molar-refractivity contribution in [1.29, 1.82) is 0 Å². The zero-order valence-corrected chi connectivity index (χ0v) is 18.1. The first-order valence-electron chi connectivity index (χ1n) is 9.59. The molecule has 12 heteroatoms. The molecule has 168 valence electrons. The van der Waals surface area contributed by atoms with E-state index in [0.29, 0.717) is 6.42 Å². The summed E-state index contributed by atoms with van der Waals surface area (Å²) in [6, 6.07) is 3.71. The third-order valence-corrected chi connectivity index (χ3v) is 7.29. The summed E-state index contributed by atoms with van der Waals surface area (Å²) in [7, 11) is -2.91. The monoisotopic (exact) mass is 466 g/mol. The van der Waals surface area contributed by atoms with Crippen LogP contribution >= 0.6 is 11.8 Å². The molecule has 7 nitrogen and oxygen atoms in total. The van der Waals surface area contributed by atoms with E-state index in [0.717, 1.165) is 37.8 Å². The minimum atomic E-state index is -4.48. The molecule has 30 heavy (non-hydrogen) atoms. The fourth-order valence-electron chi connectivity index (χ4n) is 2.72. The van der Waals surface area contributed by atoms with Crippen LogP contribution in [0.25, 0.3) is 0 Å². The Balaban J connectivity index is 1.65. The Hall–Kier alpha value is -1.82. The number of nitrogens with one attached hydrogen (secondary N) is 2. The maximum atomic E-state index is 12.7. The molecule has 0 fully saturated rings. The number of azo groups is 1. The van der Waals surface area contributed by atoms with Gasteiger partial charge in [0.15, 0.2) is 5.50 Å². The van der Waals surface area contributed by atoms with Gasteiger partial charge in [-0.05, 0) is 31.0 Å². The molecule has 1 aliphatic rings. The molecule has 2 atom stereocenters. The van der Waals surface area contributed by atoms with Gasteiger partial charge in [-0.25, -0.2) is 13.2 Å². The Bertz CT molecular complexity index is 847. The van der Waals surface area contributed by atoms with Crippen molar-refractivity contribution < 1.29 is 26.4 Å². The lowest BCUT2D eigenvalue weighted by molar-refractivity contribution is -0.137. The zero-order chi connectivity index (χ0) is 22.2. The Kier molecular flexibility index (Phi) is 8.95. The van der Waals surface area contributed by atoms with E-state index in [2.05, 4.69) is 20.9 Å². The number of hydrogen-bond acceptors (Lipinski definition) is 6. The number of rotatable bonds is 10. The number of unbranched alkanes of at least 4 members (excludes halogenated alkanes) is 3. The Morgan fingerprint density at radius 1 is 1.17 bits per heavy atom.